The second kappa shape index (κ2) is 7.94. The van der Waals surface area contributed by atoms with E-state index in [1.807, 2.05) is 29.2 Å². The molecule has 4 rings (SSSR count). The molecular weight excluding hydrogens is 367 g/mol. The van der Waals surface area contributed by atoms with Gasteiger partial charge in [0, 0.05) is 32.2 Å². The number of nitrogens with zero attached hydrogens (tertiary/aromatic N) is 2. The lowest BCUT2D eigenvalue weighted by molar-refractivity contribution is 0.0545. The molecule has 27 heavy (non-hydrogen) atoms. The summed E-state index contributed by atoms with van der Waals surface area (Å²) in [6.45, 7) is 2.93. The van der Waals surface area contributed by atoms with Crippen molar-refractivity contribution in [1.29, 1.82) is 0 Å². The van der Waals surface area contributed by atoms with Gasteiger partial charge in [0.15, 0.2) is 0 Å². The molecule has 7 heteroatoms. The van der Waals surface area contributed by atoms with Crippen molar-refractivity contribution in [3.05, 3.63) is 70.5 Å². The van der Waals surface area contributed by atoms with Crippen LogP contribution in [0, 0.1) is 5.82 Å². The molecule has 2 unspecified atom stereocenters. The summed E-state index contributed by atoms with van der Waals surface area (Å²) in [5.41, 5.74) is 8.26. The van der Waals surface area contributed by atoms with E-state index in [1.165, 1.54) is 12.1 Å². The fourth-order valence-corrected chi connectivity index (χ4v) is 3.95. The summed E-state index contributed by atoms with van der Waals surface area (Å²) < 4.78 is 13.1. The normalized spacial score (nSPS) is 23.6. The molecule has 2 atom stereocenters. The molecule has 2 saturated heterocycles. The predicted octanol–water partition coefficient (Wildman–Crippen LogP) is 2.80. The molecule has 2 heterocycles. The Kier molecular flexibility index (Phi) is 5.41. The van der Waals surface area contributed by atoms with Gasteiger partial charge < -0.3 is 4.90 Å². The number of benzene rings is 2. The molecule has 0 saturated carbocycles. The number of hydrazine groups is 1. The number of nitrogens with one attached hydrogen (secondary N) is 2. The van der Waals surface area contributed by atoms with Crippen LogP contribution >= 0.6 is 11.6 Å². The Morgan fingerprint density at radius 1 is 1.00 bits per heavy atom. The van der Waals surface area contributed by atoms with E-state index in [4.69, 9.17) is 11.6 Å². The topological polar surface area (TPSA) is 47.6 Å². The molecular formula is C20H22ClFN4O. The molecule has 2 aromatic carbocycles. The quantitative estimate of drug-likeness (QED) is 0.848. The lowest BCUT2D eigenvalue weighted by Gasteiger charge is -2.37. The number of halogens is 2. The van der Waals surface area contributed by atoms with Crippen molar-refractivity contribution in [2.45, 2.75) is 18.6 Å². The van der Waals surface area contributed by atoms with Gasteiger partial charge in [-0.15, -0.1) is 0 Å². The smallest absolute Gasteiger partial charge is 0.255 e. The zero-order valence-electron chi connectivity index (χ0n) is 14.9. The number of carbonyl (C=O) groups excluding carboxylic acids is 1. The highest BCUT2D eigenvalue weighted by molar-refractivity contribution is 6.33. The third kappa shape index (κ3) is 3.99. The van der Waals surface area contributed by atoms with Crippen LogP contribution in [0.15, 0.2) is 48.5 Å². The van der Waals surface area contributed by atoms with Crippen molar-refractivity contribution >= 4 is 17.5 Å². The third-order valence-electron chi connectivity index (χ3n) is 5.30. The highest BCUT2D eigenvalue weighted by atomic mass is 35.5. The maximum atomic E-state index is 13.1. The van der Waals surface area contributed by atoms with Gasteiger partial charge >= 0.3 is 0 Å². The van der Waals surface area contributed by atoms with Gasteiger partial charge in [-0.25, -0.2) is 15.2 Å². The van der Waals surface area contributed by atoms with Crippen LogP contribution in [-0.4, -0.2) is 48.1 Å². The lowest BCUT2D eigenvalue weighted by Crippen LogP contribution is -2.55. The average Bonchev–Trinajstić information content (AvgIpc) is 3.19. The van der Waals surface area contributed by atoms with E-state index >= 15 is 0 Å². The Labute approximate surface area is 163 Å². The maximum absolute atomic E-state index is 13.1. The molecule has 2 aliphatic heterocycles. The second-order valence-electron chi connectivity index (χ2n) is 6.95. The minimum absolute atomic E-state index is 0.0121. The summed E-state index contributed by atoms with van der Waals surface area (Å²) in [7, 11) is 0. The van der Waals surface area contributed by atoms with Gasteiger partial charge in [-0.2, -0.15) is 0 Å². The summed E-state index contributed by atoms with van der Waals surface area (Å²) in [6, 6.07) is 13.9. The fraction of sp³-hybridized carbons (Fsp3) is 0.350. The van der Waals surface area contributed by atoms with Crippen LogP contribution in [0.1, 0.15) is 28.4 Å². The summed E-state index contributed by atoms with van der Waals surface area (Å²) in [6.07, 6.45) is 1.09. The Morgan fingerprint density at radius 2 is 1.70 bits per heavy atom. The van der Waals surface area contributed by atoms with Crippen LogP contribution in [0.25, 0.3) is 0 Å². The first-order chi connectivity index (χ1) is 13.1. The molecule has 142 valence electrons. The number of hydrogen-bond acceptors (Lipinski definition) is 4. The average molecular weight is 389 g/mol. The summed E-state index contributed by atoms with van der Waals surface area (Å²) in [4.78, 5) is 16.9. The van der Waals surface area contributed by atoms with Crippen LogP contribution in [0.5, 0.6) is 0 Å². The van der Waals surface area contributed by atoms with Crippen molar-refractivity contribution < 1.29 is 9.18 Å². The molecule has 0 radical (unpaired) electrons. The van der Waals surface area contributed by atoms with Gasteiger partial charge in [0.25, 0.3) is 5.91 Å². The monoisotopic (exact) mass is 388 g/mol. The highest BCUT2D eigenvalue weighted by Crippen LogP contribution is 2.25. The first kappa shape index (κ1) is 18.4. The van der Waals surface area contributed by atoms with Crippen molar-refractivity contribution in [2.75, 3.05) is 26.2 Å². The van der Waals surface area contributed by atoms with Gasteiger partial charge in [-0.1, -0.05) is 35.9 Å². The Hall–Kier alpha value is -1.99. The summed E-state index contributed by atoms with van der Waals surface area (Å²) in [5.74, 6) is -0.234. The van der Waals surface area contributed by atoms with Crippen LogP contribution in [-0.2, 0) is 0 Å². The zero-order chi connectivity index (χ0) is 18.8. The molecule has 2 aromatic rings. The molecule has 0 aliphatic carbocycles. The molecule has 0 aromatic heterocycles. The number of rotatable bonds is 3. The van der Waals surface area contributed by atoms with E-state index in [2.05, 4.69) is 15.8 Å². The van der Waals surface area contributed by atoms with Gasteiger partial charge in [0.1, 0.15) is 5.82 Å². The van der Waals surface area contributed by atoms with Crippen molar-refractivity contribution in [3.63, 3.8) is 0 Å². The maximum Gasteiger partial charge on any atom is 0.255 e. The van der Waals surface area contributed by atoms with E-state index in [9.17, 15) is 9.18 Å². The SMILES string of the molecule is O=C(c1ccccc1Cl)N1CCN(C2CC(c3ccc(F)cc3)NN2)CC1. The zero-order valence-corrected chi connectivity index (χ0v) is 15.6. The van der Waals surface area contributed by atoms with Crippen LogP contribution in [0.3, 0.4) is 0 Å². The van der Waals surface area contributed by atoms with Crippen LogP contribution in [0.2, 0.25) is 5.02 Å². The van der Waals surface area contributed by atoms with Gasteiger partial charge in [0.2, 0.25) is 0 Å². The van der Waals surface area contributed by atoms with E-state index < -0.39 is 0 Å². The Bertz CT molecular complexity index is 808. The van der Waals surface area contributed by atoms with E-state index in [0.717, 1.165) is 25.1 Å². The van der Waals surface area contributed by atoms with Crippen molar-refractivity contribution in [1.82, 2.24) is 20.7 Å². The predicted molar refractivity (Wildman–Crippen MR) is 103 cm³/mol. The summed E-state index contributed by atoms with van der Waals surface area (Å²) in [5, 5.41) is 0.494. The van der Waals surface area contributed by atoms with E-state index in [1.54, 1.807) is 12.1 Å². The third-order valence-corrected chi connectivity index (χ3v) is 5.63. The lowest BCUT2D eigenvalue weighted by atomic mass is 10.0. The standard InChI is InChI=1S/C20H22ClFN4O/c21-17-4-2-1-3-16(17)20(27)26-11-9-25(10-12-26)19-13-18(23-24-19)14-5-7-15(22)8-6-14/h1-8,18-19,23-24H,9-13H2. The van der Waals surface area contributed by atoms with Crippen LogP contribution < -0.4 is 10.9 Å². The first-order valence-corrected chi connectivity index (χ1v) is 9.54. The molecule has 0 spiro atoms. The molecule has 5 nitrogen and oxygen atoms in total. The highest BCUT2D eigenvalue weighted by Gasteiger charge is 2.32. The molecule has 2 fully saturated rings. The molecule has 1 amide bonds. The molecule has 2 N–H and O–H groups in total. The van der Waals surface area contributed by atoms with Crippen molar-refractivity contribution in [3.8, 4) is 0 Å². The fourth-order valence-electron chi connectivity index (χ4n) is 3.73. The van der Waals surface area contributed by atoms with E-state index in [-0.39, 0.29) is 23.9 Å². The van der Waals surface area contributed by atoms with Gasteiger partial charge in [-0.3, -0.25) is 9.69 Å². The number of carbonyl (C=O) groups is 1. The van der Waals surface area contributed by atoms with Gasteiger partial charge in [-0.05, 0) is 36.2 Å². The van der Waals surface area contributed by atoms with E-state index in [0.29, 0.717) is 23.7 Å². The number of hydrogen-bond donors (Lipinski definition) is 2. The second-order valence-corrected chi connectivity index (χ2v) is 7.36. The Balaban J connectivity index is 1.33. The molecule has 0 bridgehead atoms. The number of amides is 1. The minimum atomic E-state index is -0.222. The Morgan fingerprint density at radius 3 is 2.41 bits per heavy atom. The largest absolute Gasteiger partial charge is 0.336 e. The minimum Gasteiger partial charge on any atom is -0.336 e. The summed E-state index contributed by atoms with van der Waals surface area (Å²) >= 11 is 6.15. The van der Waals surface area contributed by atoms with Crippen LogP contribution in [0.4, 0.5) is 4.39 Å². The van der Waals surface area contributed by atoms with Gasteiger partial charge in [0.05, 0.1) is 16.8 Å². The van der Waals surface area contributed by atoms with Crippen molar-refractivity contribution in [2.24, 2.45) is 0 Å². The molecule has 2 aliphatic rings. The first-order valence-electron chi connectivity index (χ1n) is 9.16. The number of piperazine rings is 1.